The molecule has 0 aromatic heterocycles. The molecule has 1 aromatic carbocycles. The van der Waals surface area contributed by atoms with E-state index in [0.717, 1.165) is 0 Å². The van der Waals surface area contributed by atoms with Crippen molar-refractivity contribution in [3.63, 3.8) is 0 Å². The molecule has 0 spiro atoms. The van der Waals surface area contributed by atoms with E-state index in [1.165, 1.54) is 0 Å². The largest absolute Gasteiger partial charge is 0.493 e. The summed E-state index contributed by atoms with van der Waals surface area (Å²) in [5, 5.41) is 0. The van der Waals surface area contributed by atoms with Crippen molar-refractivity contribution in [3.8, 4) is 5.75 Å². The number of benzene rings is 1. The van der Waals surface area contributed by atoms with E-state index in [1.807, 2.05) is 13.8 Å². The van der Waals surface area contributed by atoms with Crippen LogP contribution in [0, 0.1) is 11.3 Å². The van der Waals surface area contributed by atoms with Crippen LogP contribution in [0.2, 0.25) is 0 Å². The van der Waals surface area contributed by atoms with E-state index in [9.17, 15) is 8.42 Å². The smallest absolute Gasteiger partial charge is 0.243 e. The third kappa shape index (κ3) is 4.85. The van der Waals surface area contributed by atoms with E-state index in [0.29, 0.717) is 42.7 Å². The van der Waals surface area contributed by atoms with Gasteiger partial charge in [0.15, 0.2) is 0 Å². The van der Waals surface area contributed by atoms with Crippen LogP contribution in [0.1, 0.15) is 34.1 Å². The highest BCUT2D eigenvalue weighted by atomic mass is 35.5. The predicted octanol–water partition coefficient (Wildman–Crippen LogP) is 2.89. The van der Waals surface area contributed by atoms with Crippen molar-refractivity contribution in [2.24, 2.45) is 17.1 Å². The third-order valence-electron chi connectivity index (χ3n) is 4.32. The van der Waals surface area contributed by atoms with E-state index in [2.05, 4.69) is 13.8 Å². The number of sulfonamides is 1. The molecule has 1 atom stereocenters. The number of rotatable bonds is 5. The summed E-state index contributed by atoms with van der Waals surface area (Å²) in [4.78, 5) is 0.306. The molecule has 1 aromatic rings. The van der Waals surface area contributed by atoms with Crippen LogP contribution in [-0.2, 0) is 10.0 Å². The van der Waals surface area contributed by atoms with Gasteiger partial charge in [-0.2, -0.15) is 4.31 Å². The van der Waals surface area contributed by atoms with Gasteiger partial charge in [-0.1, -0.05) is 27.7 Å². The van der Waals surface area contributed by atoms with Crippen LogP contribution in [0.3, 0.4) is 0 Å². The van der Waals surface area contributed by atoms with E-state index < -0.39 is 10.0 Å². The Kier molecular flexibility index (Phi) is 7.11. The molecule has 0 aliphatic carbocycles. The maximum absolute atomic E-state index is 12.8. The van der Waals surface area contributed by atoms with E-state index in [1.54, 1.807) is 28.6 Å². The average molecular weight is 377 g/mol. The first-order chi connectivity index (χ1) is 10.6. The van der Waals surface area contributed by atoms with Crippen molar-refractivity contribution in [1.29, 1.82) is 0 Å². The summed E-state index contributed by atoms with van der Waals surface area (Å²) in [5.74, 6) is 1.12. The number of hydrogen-bond acceptors (Lipinski definition) is 4. The molecule has 0 saturated carbocycles. The number of nitrogens with two attached hydrogens (primary N) is 1. The molecule has 0 amide bonds. The van der Waals surface area contributed by atoms with Crippen molar-refractivity contribution < 1.29 is 13.2 Å². The Balaban J connectivity index is 0.00000288. The fraction of sp³-hybridized carbons (Fsp3) is 0.647. The topological polar surface area (TPSA) is 72.6 Å². The van der Waals surface area contributed by atoms with Crippen molar-refractivity contribution in [2.75, 3.05) is 19.7 Å². The molecule has 138 valence electrons. The minimum atomic E-state index is -3.48. The van der Waals surface area contributed by atoms with Gasteiger partial charge in [0, 0.05) is 19.1 Å². The molecular formula is C17H29ClN2O3S. The van der Waals surface area contributed by atoms with E-state index in [-0.39, 0.29) is 23.9 Å². The van der Waals surface area contributed by atoms with Gasteiger partial charge in [0.2, 0.25) is 10.0 Å². The van der Waals surface area contributed by atoms with Crippen LogP contribution < -0.4 is 10.5 Å². The first-order valence-corrected chi connectivity index (χ1v) is 9.55. The second-order valence-electron chi connectivity index (χ2n) is 7.40. The maximum atomic E-state index is 12.8. The second-order valence-corrected chi connectivity index (χ2v) is 9.34. The lowest BCUT2D eigenvalue weighted by Gasteiger charge is -2.41. The SMILES string of the molecule is CC(C)COc1ccc(S(=O)(=O)N2CCC(N)C(C)(C)C2)cc1.Cl. The molecule has 2 N–H and O–H groups in total. The lowest BCUT2D eigenvalue weighted by atomic mass is 9.81. The summed E-state index contributed by atoms with van der Waals surface area (Å²) >= 11 is 0. The zero-order chi connectivity index (χ0) is 17.3. The second kappa shape index (κ2) is 8.04. The van der Waals surface area contributed by atoms with Crippen LogP contribution in [0.4, 0.5) is 0 Å². The van der Waals surface area contributed by atoms with Crippen molar-refractivity contribution in [2.45, 2.75) is 45.1 Å². The molecule has 0 bridgehead atoms. The van der Waals surface area contributed by atoms with Gasteiger partial charge in [0.05, 0.1) is 11.5 Å². The highest BCUT2D eigenvalue weighted by Gasteiger charge is 2.38. The Hall–Kier alpha value is -0.820. The Labute approximate surface area is 152 Å². The van der Waals surface area contributed by atoms with E-state index in [4.69, 9.17) is 10.5 Å². The first-order valence-electron chi connectivity index (χ1n) is 8.11. The van der Waals surface area contributed by atoms with Gasteiger partial charge in [-0.05, 0) is 42.0 Å². The Morgan fingerprint density at radius 3 is 2.38 bits per heavy atom. The minimum absolute atomic E-state index is 0. The molecular weight excluding hydrogens is 348 g/mol. The van der Waals surface area contributed by atoms with Gasteiger partial charge >= 0.3 is 0 Å². The lowest BCUT2D eigenvalue weighted by molar-refractivity contribution is 0.155. The van der Waals surface area contributed by atoms with Crippen molar-refractivity contribution in [1.82, 2.24) is 4.31 Å². The number of nitrogens with zero attached hydrogens (tertiary/aromatic N) is 1. The van der Waals surface area contributed by atoms with Crippen molar-refractivity contribution >= 4 is 22.4 Å². The normalized spacial score (nSPS) is 21.3. The molecule has 7 heteroatoms. The van der Waals surface area contributed by atoms with Crippen molar-refractivity contribution in [3.05, 3.63) is 24.3 Å². The van der Waals surface area contributed by atoms with Crippen LogP contribution in [0.15, 0.2) is 29.2 Å². The van der Waals surface area contributed by atoms with Gasteiger partial charge in [-0.3, -0.25) is 0 Å². The predicted molar refractivity (Wildman–Crippen MR) is 99.2 cm³/mol. The molecule has 0 radical (unpaired) electrons. The molecule has 1 unspecified atom stereocenters. The first kappa shape index (κ1) is 21.2. The molecule has 1 saturated heterocycles. The summed E-state index contributed by atoms with van der Waals surface area (Å²) in [7, 11) is -3.48. The molecule has 24 heavy (non-hydrogen) atoms. The van der Waals surface area contributed by atoms with Crippen LogP contribution >= 0.6 is 12.4 Å². The van der Waals surface area contributed by atoms with Gasteiger partial charge in [-0.15, -0.1) is 12.4 Å². The Morgan fingerprint density at radius 1 is 1.29 bits per heavy atom. The zero-order valence-corrected chi connectivity index (χ0v) is 16.5. The monoisotopic (exact) mass is 376 g/mol. The Morgan fingerprint density at radius 2 is 1.88 bits per heavy atom. The van der Waals surface area contributed by atoms with Gasteiger partial charge < -0.3 is 10.5 Å². The molecule has 1 aliphatic rings. The van der Waals surface area contributed by atoms with Crippen LogP contribution in [-0.4, -0.2) is 38.5 Å². The molecule has 1 heterocycles. The fourth-order valence-corrected chi connectivity index (χ4v) is 4.28. The number of ether oxygens (including phenoxy) is 1. The van der Waals surface area contributed by atoms with Gasteiger partial charge in [-0.25, -0.2) is 8.42 Å². The number of piperidine rings is 1. The summed E-state index contributed by atoms with van der Waals surface area (Å²) in [6, 6.07) is 6.70. The number of hydrogen-bond donors (Lipinski definition) is 1. The third-order valence-corrected chi connectivity index (χ3v) is 6.18. The highest BCUT2D eigenvalue weighted by molar-refractivity contribution is 7.89. The summed E-state index contributed by atoms with van der Waals surface area (Å²) in [6.07, 6.45) is 0.682. The highest BCUT2D eigenvalue weighted by Crippen LogP contribution is 2.31. The Bertz CT molecular complexity index is 630. The fourth-order valence-electron chi connectivity index (χ4n) is 2.65. The molecule has 2 rings (SSSR count). The summed E-state index contributed by atoms with van der Waals surface area (Å²) in [6.45, 7) is 9.71. The average Bonchev–Trinajstić information content (AvgIpc) is 2.48. The zero-order valence-electron chi connectivity index (χ0n) is 14.9. The number of halogens is 1. The quantitative estimate of drug-likeness (QED) is 0.857. The van der Waals surface area contributed by atoms with E-state index >= 15 is 0 Å². The minimum Gasteiger partial charge on any atom is -0.493 e. The molecule has 1 aliphatic heterocycles. The molecule has 5 nitrogen and oxygen atoms in total. The van der Waals surface area contributed by atoms with Crippen LogP contribution in [0.25, 0.3) is 0 Å². The lowest BCUT2D eigenvalue weighted by Crippen LogP contribution is -2.53. The summed E-state index contributed by atoms with van der Waals surface area (Å²) in [5.41, 5.74) is 5.88. The summed E-state index contributed by atoms with van der Waals surface area (Å²) < 4.78 is 32.8. The van der Waals surface area contributed by atoms with Gasteiger partial charge in [0.1, 0.15) is 5.75 Å². The van der Waals surface area contributed by atoms with Crippen LogP contribution in [0.5, 0.6) is 5.75 Å². The maximum Gasteiger partial charge on any atom is 0.243 e. The molecule has 1 fully saturated rings. The van der Waals surface area contributed by atoms with Gasteiger partial charge in [0.25, 0.3) is 0 Å². The standard InChI is InChI=1S/C17H28N2O3S.ClH/c1-13(2)11-22-14-5-7-15(8-6-14)23(20,21)19-10-9-16(18)17(3,4)12-19;/h5-8,13,16H,9-12,18H2,1-4H3;1H.